The zero-order chi connectivity index (χ0) is 19.6. The number of likely N-dealkylation sites (tertiary alicyclic amines) is 2. The molecule has 2 amide bonds. The monoisotopic (exact) mass is 394 g/mol. The Morgan fingerprint density at radius 1 is 1.25 bits per heavy atom. The van der Waals surface area contributed by atoms with Gasteiger partial charge in [-0.25, -0.2) is 10.9 Å². The molecule has 28 heavy (non-hydrogen) atoms. The maximum atomic E-state index is 13.4. The summed E-state index contributed by atoms with van der Waals surface area (Å²) in [7, 11) is 0. The quantitative estimate of drug-likeness (QED) is 0.399. The summed E-state index contributed by atoms with van der Waals surface area (Å²) in [5, 5.41) is 1.95. The number of carbonyl (C=O) groups is 2. The predicted octanol–water partition coefficient (Wildman–Crippen LogP) is -1.15. The van der Waals surface area contributed by atoms with Gasteiger partial charge >= 0.3 is 0 Å². The SMILES string of the molecule is CCCCN1CC2(CCCN(C(=O)C3CNNC3N3CNNN3)C2)CCC1=O. The largest absolute Gasteiger partial charge is 0.342 e. The molecule has 4 heterocycles. The lowest BCUT2D eigenvalue weighted by Crippen LogP contribution is -2.58. The number of nitrogens with zero attached hydrogens (tertiary/aromatic N) is 3. The van der Waals surface area contributed by atoms with E-state index in [9.17, 15) is 9.59 Å². The lowest BCUT2D eigenvalue weighted by Gasteiger charge is -2.49. The van der Waals surface area contributed by atoms with Crippen LogP contribution in [0.25, 0.3) is 0 Å². The van der Waals surface area contributed by atoms with Crippen LogP contribution in [-0.4, -0.2) is 72.2 Å². The van der Waals surface area contributed by atoms with Crippen molar-refractivity contribution in [2.24, 2.45) is 11.3 Å². The lowest BCUT2D eigenvalue weighted by atomic mass is 9.73. The van der Waals surface area contributed by atoms with E-state index in [0.717, 1.165) is 58.3 Å². The Labute approximate surface area is 166 Å². The van der Waals surface area contributed by atoms with Crippen LogP contribution in [0.15, 0.2) is 0 Å². The molecule has 0 aliphatic carbocycles. The van der Waals surface area contributed by atoms with Gasteiger partial charge in [-0.15, -0.1) is 0 Å². The molecular formula is C18H34N8O2. The number of hydrogen-bond acceptors (Lipinski definition) is 8. The second kappa shape index (κ2) is 8.60. The normalized spacial score (nSPS) is 34.5. The zero-order valence-electron chi connectivity index (χ0n) is 16.8. The van der Waals surface area contributed by atoms with Crippen LogP contribution in [0.3, 0.4) is 0 Å². The Bertz CT molecular complexity index is 584. The summed E-state index contributed by atoms with van der Waals surface area (Å²) in [5.41, 5.74) is 15.3. The van der Waals surface area contributed by atoms with Gasteiger partial charge in [-0.1, -0.05) is 13.3 Å². The predicted molar refractivity (Wildman–Crippen MR) is 103 cm³/mol. The van der Waals surface area contributed by atoms with Crippen LogP contribution in [0.1, 0.15) is 45.4 Å². The van der Waals surface area contributed by atoms with E-state index in [1.54, 1.807) is 0 Å². The summed E-state index contributed by atoms with van der Waals surface area (Å²) in [4.78, 5) is 29.8. The molecule has 1 spiro atoms. The molecule has 0 saturated carbocycles. The standard InChI is InChI=1S/C18H34N8O2/c1-2-3-8-24-11-18(7-5-15(24)27)6-4-9-25(12-18)17(28)14-10-19-21-16(14)26-13-20-22-23-26/h14,16,19-23H,2-13H2,1H3. The van der Waals surface area contributed by atoms with E-state index in [1.807, 2.05) is 9.91 Å². The van der Waals surface area contributed by atoms with Gasteiger partial charge < -0.3 is 9.80 Å². The second-order valence-corrected chi connectivity index (χ2v) is 8.65. The van der Waals surface area contributed by atoms with E-state index in [0.29, 0.717) is 19.6 Å². The van der Waals surface area contributed by atoms with Crippen LogP contribution in [0, 0.1) is 11.3 Å². The molecule has 10 heteroatoms. The average Bonchev–Trinajstić information content (AvgIpc) is 3.40. The third kappa shape index (κ3) is 4.03. The molecule has 0 aromatic heterocycles. The van der Waals surface area contributed by atoms with E-state index in [1.165, 1.54) is 0 Å². The fourth-order valence-corrected chi connectivity index (χ4v) is 5.07. The highest BCUT2D eigenvalue weighted by Crippen LogP contribution is 2.39. The maximum Gasteiger partial charge on any atom is 0.230 e. The first-order chi connectivity index (χ1) is 13.6. The minimum absolute atomic E-state index is 0.0690. The third-order valence-corrected chi connectivity index (χ3v) is 6.65. The summed E-state index contributed by atoms with van der Waals surface area (Å²) in [6, 6.07) is 0. The fourth-order valence-electron chi connectivity index (χ4n) is 5.07. The van der Waals surface area contributed by atoms with Gasteiger partial charge in [-0.2, -0.15) is 16.1 Å². The number of hydrogen-bond donors (Lipinski definition) is 5. The third-order valence-electron chi connectivity index (χ3n) is 6.65. The van der Waals surface area contributed by atoms with Crippen LogP contribution < -0.4 is 27.3 Å². The Balaban J connectivity index is 1.41. The summed E-state index contributed by atoms with van der Waals surface area (Å²) in [5.74, 6) is 0.338. The minimum atomic E-state index is -0.147. The number of amides is 2. The van der Waals surface area contributed by atoms with E-state index >= 15 is 0 Å². The number of carbonyl (C=O) groups excluding carboxylic acids is 2. The summed E-state index contributed by atoms with van der Waals surface area (Å²) in [6.45, 7) is 6.64. The van der Waals surface area contributed by atoms with Gasteiger partial charge in [0.05, 0.1) is 12.6 Å². The van der Waals surface area contributed by atoms with Crippen LogP contribution >= 0.6 is 0 Å². The van der Waals surface area contributed by atoms with Gasteiger partial charge in [0, 0.05) is 44.6 Å². The Morgan fingerprint density at radius 3 is 2.93 bits per heavy atom. The lowest BCUT2D eigenvalue weighted by molar-refractivity contribution is -0.146. The molecule has 3 atom stereocenters. The minimum Gasteiger partial charge on any atom is -0.342 e. The first kappa shape index (κ1) is 20.0. The first-order valence-corrected chi connectivity index (χ1v) is 10.7. The Kier molecular flexibility index (Phi) is 6.14. The highest BCUT2D eigenvalue weighted by atomic mass is 16.2. The first-order valence-electron chi connectivity index (χ1n) is 10.7. The van der Waals surface area contributed by atoms with Gasteiger partial charge in [0.25, 0.3) is 0 Å². The van der Waals surface area contributed by atoms with Crippen molar-refractivity contribution >= 4 is 11.8 Å². The van der Waals surface area contributed by atoms with Gasteiger partial charge in [-0.3, -0.25) is 15.0 Å². The molecule has 4 rings (SSSR count). The van der Waals surface area contributed by atoms with Gasteiger partial charge in [0.2, 0.25) is 11.8 Å². The van der Waals surface area contributed by atoms with Crippen molar-refractivity contribution in [3.63, 3.8) is 0 Å². The van der Waals surface area contributed by atoms with Gasteiger partial charge in [0.1, 0.15) is 6.17 Å². The zero-order valence-corrected chi connectivity index (χ0v) is 16.8. The van der Waals surface area contributed by atoms with Gasteiger partial charge in [-0.05, 0) is 25.7 Å². The number of rotatable bonds is 5. The molecule has 4 aliphatic rings. The Morgan fingerprint density at radius 2 is 2.14 bits per heavy atom. The van der Waals surface area contributed by atoms with E-state index < -0.39 is 0 Å². The van der Waals surface area contributed by atoms with Gasteiger partial charge in [0.15, 0.2) is 0 Å². The number of hydrazine groups is 4. The van der Waals surface area contributed by atoms with Crippen molar-refractivity contribution in [3.8, 4) is 0 Å². The highest BCUT2D eigenvalue weighted by molar-refractivity contribution is 5.80. The van der Waals surface area contributed by atoms with Crippen molar-refractivity contribution in [1.82, 2.24) is 42.2 Å². The smallest absolute Gasteiger partial charge is 0.230 e. The average molecular weight is 395 g/mol. The molecule has 0 aromatic rings. The second-order valence-electron chi connectivity index (χ2n) is 8.65. The van der Waals surface area contributed by atoms with Crippen molar-refractivity contribution in [2.75, 3.05) is 39.4 Å². The molecular weight excluding hydrogens is 360 g/mol. The van der Waals surface area contributed by atoms with Crippen molar-refractivity contribution in [1.29, 1.82) is 0 Å². The fraction of sp³-hybridized carbons (Fsp3) is 0.889. The van der Waals surface area contributed by atoms with Crippen LogP contribution in [0.4, 0.5) is 0 Å². The topological polar surface area (TPSA) is 104 Å². The van der Waals surface area contributed by atoms with E-state index in [-0.39, 0.29) is 29.3 Å². The molecule has 3 unspecified atom stereocenters. The van der Waals surface area contributed by atoms with Crippen LogP contribution in [-0.2, 0) is 9.59 Å². The number of unbranched alkanes of at least 4 members (excludes halogenated alkanes) is 1. The van der Waals surface area contributed by atoms with E-state index in [2.05, 4.69) is 39.2 Å². The van der Waals surface area contributed by atoms with E-state index in [4.69, 9.17) is 0 Å². The molecule has 10 nitrogen and oxygen atoms in total. The number of nitrogens with one attached hydrogen (secondary N) is 5. The molecule has 158 valence electrons. The molecule has 4 aliphatic heterocycles. The highest BCUT2D eigenvalue weighted by Gasteiger charge is 2.46. The van der Waals surface area contributed by atoms with Crippen LogP contribution in [0.5, 0.6) is 0 Å². The summed E-state index contributed by atoms with van der Waals surface area (Å²) in [6.07, 6.45) is 5.70. The molecule has 4 fully saturated rings. The number of piperidine rings is 2. The Hall–Kier alpha value is -1.30. The summed E-state index contributed by atoms with van der Waals surface area (Å²) < 4.78 is 0. The summed E-state index contributed by atoms with van der Waals surface area (Å²) >= 11 is 0. The molecule has 0 radical (unpaired) electrons. The van der Waals surface area contributed by atoms with Crippen molar-refractivity contribution < 1.29 is 9.59 Å². The molecule has 4 saturated heterocycles. The molecule has 0 bridgehead atoms. The van der Waals surface area contributed by atoms with Crippen molar-refractivity contribution in [2.45, 2.75) is 51.6 Å². The maximum absolute atomic E-state index is 13.4. The molecule has 0 aromatic carbocycles. The van der Waals surface area contributed by atoms with Crippen LogP contribution in [0.2, 0.25) is 0 Å². The van der Waals surface area contributed by atoms with Crippen molar-refractivity contribution in [3.05, 3.63) is 0 Å². The molecule has 5 N–H and O–H groups in total.